The van der Waals surface area contributed by atoms with Crippen molar-refractivity contribution in [3.8, 4) is 0 Å². The number of nitrogens with zero attached hydrogens (tertiary/aromatic N) is 2. The fourth-order valence-corrected chi connectivity index (χ4v) is 5.86. The summed E-state index contributed by atoms with van der Waals surface area (Å²) < 4.78 is 26.7. The first-order valence-corrected chi connectivity index (χ1v) is 10.2. The van der Waals surface area contributed by atoms with Crippen LogP contribution in [0.15, 0.2) is 0 Å². The molecule has 4 nitrogen and oxygen atoms in total. The lowest BCUT2D eigenvalue weighted by atomic mass is 10.3. The van der Waals surface area contributed by atoms with Crippen molar-refractivity contribution < 1.29 is 8.42 Å². The average molecular weight is 306 g/mol. The maximum absolute atomic E-state index is 12.4. The highest BCUT2D eigenvalue weighted by Gasteiger charge is 2.32. The van der Waals surface area contributed by atoms with E-state index in [4.69, 9.17) is 0 Å². The molecule has 2 rings (SSSR count). The largest absolute Gasteiger partial charge is 0.302 e. The maximum Gasteiger partial charge on any atom is 0.214 e. The minimum atomic E-state index is -3.05. The topological polar surface area (TPSA) is 40.6 Å². The highest BCUT2D eigenvalue weighted by molar-refractivity contribution is 7.99. The van der Waals surface area contributed by atoms with Crippen molar-refractivity contribution in [2.45, 2.75) is 38.6 Å². The Kier molecular flexibility index (Phi) is 5.99. The Hall–Kier alpha value is 0.220. The summed E-state index contributed by atoms with van der Waals surface area (Å²) in [5.41, 5.74) is 0. The maximum atomic E-state index is 12.4. The van der Waals surface area contributed by atoms with E-state index >= 15 is 0 Å². The van der Waals surface area contributed by atoms with Crippen LogP contribution in [0.3, 0.4) is 0 Å². The average Bonchev–Trinajstić information content (AvgIpc) is 2.73. The third kappa shape index (κ3) is 4.34. The predicted molar refractivity (Wildman–Crippen MR) is 82.2 cm³/mol. The smallest absolute Gasteiger partial charge is 0.214 e. The highest BCUT2D eigenvalue weighted by atomic mass is 32.2. The molecule has 0 radical (unpaired) electrons. The van der Waals surface area contributed by atoms with Gasteiger partial charge in [0.15, 0.2) is 0 Å². The first-order chi connectivity index (χ1) is 9.13. The van der Waals surface area contributed by atoms with Crippen LogP contribution in [-0.4, -0.2) is 67.1 Å². The van der Waals surface area contributed by atoms with Gasteiger partial charge in [0.05, 0.1) is 5.75 Å². The van der Waals surface area contributed by atoms with E-state index in [1.807, 2.05) is 23.0 Å². The van der Waals surface area contributed by atoms with Gasteiger partial charge in [0, 0.05) is 24.9 Å². The number of hydrogen-bond donors (Lipinski definition) is 0. The normalized spacial score (nSPS) is 27.5. The molecular formula is C13H26N2O2S2. The second-order valence-electron chi connectivity index (χ2n) is 5.52. The van der Waals surface area contributed by atoms with Crippen LogP contribution in [0.25, 0.3) is 0 Å². The molecule has 0 amide bonds. The number of thioether (sulfide) groups is 1. The van der Waals surface area contributed by atoms with Crippen LogP contribution in [0.1, 0.15) is 32.6 Å². The van der Waals surface area contributed by atoms with Crippen LogP contribution in [0.2, 0.25) is 0 Å². The second kappa shape index (κ2) is 7.29. The van der Waals surface area contributed by atoms with E-state index in [1.165, 1.54) is 12.8 Å². The molecule has 0 spiro atoms. The molecule has 2 aliphatic heterocycles. The fourth-order valence-electron chi connectivity index (χ4n) is 2.96. The van der Waals surface area contributed by atoms with E-state index < -0.39 is 10.0 Å². The number of likely N-dealkylation sites (tertiary alicyclic amines) is 1. The first-order valence-electron chi connectivity index (χ1n) is 7.43. The van der Waals surface area contributed by atoms with Gasteiger partial charge in [-0.3, -0.25) is 0 Å². The first kappa shape index (κ1) is 15.6. The van der Waals surface area contributed by atoms with E-state index in [0.717, 1.165) is 37.6 Å². The molecule has 0 N–H and O–H groups in total. The van der Waals surface area contributed by atoms with Gasteiger partial charge in [0.1, 0.15) is 0 Å². The lowest BCUT2D eigenvalue weighted by molar-refractivity contribution is 0.243. The Morgan fingerprint density at radius 1 is 1.16 bits per heavy atom. The zero-order valence-corrected chi connectivity index (χ0v) is 13.5. The van der Waals surface area contributed by atoms with Gasteiger partial charge in [-0.25, -0.2) is 8.42 Å². The zero-order valence-electron chi connectivity index (χ0n) is 11.9. The monoisotopic (exact) mass is 306 g/mol. The van der Waals surface area contributed by atoms with Crippen LogP contribution in [0.4, 0.5) is 0 Å². The summed E-state index contributed by atoms with van der Waals surface area (Å²) in [6.45, 7) is 5.87. The van der Waals surface area contributed by atoms with Crippen LogP contribution < -0.4 is 0 Å². The summed E-state index contributed by atoms with van der Waals surface area (Å²) in [7, 11) is -3.05. The second-order valence-corrected chi connectivity index (χ2v) is 8.71. The SMILES string of the molecule is CCCS(=O)(=O)N1CCCSCC1CN1CCCC1. The third-order valence-corrected chi connectivity index (χ3v) is 7.19. The lowest BCUT2D eigenvalue weighted by Gasteiger charge is -2.31. The van der Waals surface area contributed by atoms with Crippen LogP contribution >= 0.6 is 11.8 Å². The summed E-state index contributed by atoms with van der Waals surface area (Å²) in [6, 6.07) is 0.183. The van der Waals surface area contributed by atoms with Gasteiger partial charge in [0.25, 0.3) is 0 Å². The van der Waals surface area contributed by atoms with E-state index in [1.54, 1.807) is 0 Å². The van der Waals surface area contributed by atoms with Gasteiger partial charge < -0.3 is 4.90 Å². The molecule has 19 heavy (non-hydrogen) atoms. The summed E-state index contributed by atoms with van der Waals surface area (Å²) in [4.78, 5) is 2.44. The molecule has 6 heteroatoms. The predicted octanol–water partition coefficient (Wildman–Crippen LogP) is 1.63. The van der Waals surface area contributed by atoms with Crippen molar-refractivity contribution in [2.75, 3.05) is 43.4 Å². The Bertz CT molecular complexity index is 367. The Labute approximate surface area is 122 Å². The zero-order chi connectivity index (χ0) is 13.7. The Balaban J connectivity index is 2.06. The third-order valence-electron chi connectivity index (χ3n) is 3.87. The number of rotatable bonds is 5. The van der Waals surface area contributed by atoms with Crippen LogP contribution in [-0.2, 0) is 10.0 Å². The Morgan fingerprint density at radius 2 is 1.89 bits per heavy atom. The highest BCUT2D eigenvalue weighted by Crippen LogP contribution is 2.22. The molecule has 0 aromatic heterocycles. The molecule has 0 aromatic rings. The number of sulfonamides is 1. The van der Waals surface area contributed by atoms with Gasteiger partial charge in [0.2, 0.25) is 10.0 Å². The van der Waals surface area contributed by atoms with E-state index in [9.17, 15) is 8.42 Å². The molecule has 0 aliphatic carbocycles. The fraction of sp³-hybridized carbons (Fsp3) is 1.00. The summed E-state index contributed by atoms with van der Waals surface area (Å²) >= 11 is 1.91. The summed E-state index contributed by atoms with van der Waals surface area (Å²) in [6.07, 6.45) is 4.23. The van der Waals surface area contributed by atoms with Gasteiger partial charge in [-0.15, -0.1) is 0 Å². The molecule has 2 saturated heterocycles. The molecule has 1 unspecified atom stereocenters. The standard InChI is InChI=1S/C13H26N2O2S2/c1-2-10-19(16,17)15-8-5-9-18-12-13(15)11-14-6-3-4-7-14/h13H,2-12H2,1H3. The van der Waals surface area contributed by atoms with Crippen molar-refractivity contribution in [3.63, 3.8) is 0 Å². The minimum absolute atomic E-state index is 0.183. The van der Waals surface area contributed by atoms with Crippen molar-refractivity contribution >= 4 is 21.8 Å². The van der Waals surface area contributed by atoms with E-state index in [0.29, 0.717) is 18.7 Å². The van der Waals surface area contributed by atoms with Gasteiger partial charge in [-0.05, 0) is 44.5 Å². The summed E-state index contributed by atoms with van der Waals surface area (Å²) in [5, 5.41) is 0. The minimum Gasteiger partial charge on any atom is -0.302 e. The van der Waals surface area contributed by atoms with E-state index in [2.05, 4.69) is 4.90 Å². The van der Waals surface area contributed by atoms with Gasteiger partial charge in [-0.1, -0.05) is 6.92 Å². The van der Waals surface area contributed by atoms with E-state index in [-0.39, 0.29) is 6.04 Å². The molecular weight excluding hydrogens is 280 g/mol. The van der Waals surface area contributed by atoms with Crippen molar-refractivity contribution in [2.24, 2.45) is 0 Å². The van der Waals surface area contributed by atoms with Gasteiger partial charge in [-0.2, -0.15) is 16.1 Å². The Morgan fingerprint density at radius 3 is 2.58 bits per heavy atom. The van der Waals surface area contributed by atoms with Crippen molar-refractivity contribution in [1.82, 2.24) is 9.21 Å². The van der Waals surface area contributed by atoms with Crippen LogP contribution in [0.5, 0.6) is 0 Å². The molecule has 2 heterocycles. The molecule has 1 atom stereocenters. The lowest BCUT2D eigenvalue weighted by Crippen LogP contribution is -2.48. The molecule has 2 aliphatic rings. The molecule has 0 saturated carbocycles. The van der Waals surface area contributed by atoms with Gasteiger partial charge >= 0.3 is 0 Å². The number of hydrogen-bond acceptors (Lipinski definition) is 4. The molecule has 2 fully saturated rings. The molecule has 0 bridgehead atoms. The summed E-state index contributed by atoms with van der Waals surface area (Å²) in [5.74, 6) is 2.35. The quantitative estimate of drug-likeness (QED) is 0.774. The van der Waals surface area contributed by atoms with Crippen LogP contribution in [0, 0.1) is 0 Å². The van der Waals surface area contributed by atoms with Crippen molar-refractivity contribution in [1.29, 1.82) is 0 Å². The molecule has 112 valence electrons. The van der Waals surface area contributed by atoms with Crippen molar-refractivity contribution in [3.05, 3.63) is 0 Å². The molecule has 0 aromatic carbocycles.